The molecule has 0 unspecified atom stereocenters. The highest BCUT2D eigenvalue weighted by Gasteiger charge is 2.52. The second-order valence-electron chi connectivity index (χ2n) is 5.97. The summed E-state index contributed by atoms with van der Waals surface area (Å²) in [5, 5.41) is 2.96. The lowest BCUT2D eigenvalue weighted by Gasteiger charge is -2.32. The molecule has 1 aromatic rings. The maximum absolute atomic E-state index is 6.06. The third-order valence-corrected chi connectivity index (χ3v) is 4.04. The van der Waals surface area contributed by atoms with Crippen molar-refractivity contribution in [2.24, 2.45) is 0 Å². The molecular weight excluding hydrogens is 241 g/mol. The van der Waals surface area contributed by atoms with E-state index in [1.165, 1.54) is 0 Å². The van der Waals surface area contributed by atoms with Crippen molar-refractivity contribution >= 4 is 18.5 Å². The summed E-state index contributed by atoms with van der Waals surface area (Å²) >= 11 is 0. The average Bonchev–Trinajstić information content (AvgIpc) is 2.46. The van der Waals surface area contributed by atoms with Gasteiger partial charge in [-0.3, -0.25) is 0 Å². The minimum atomic E-state index is -0.407. The van der Waals surface area contributed by atoms with Crippen LogP contribution in [0.4, 0.5) is 5.95 Å². The zero-order valence-electron chi connectivity index (χ0n) is 12.8. The molecule has 5 nitrogen and oxygen atoms in total. The lowest BCUT2D eigenvalue weighted by Crippen LogP contribution is -2.41. The second-order valence-corrected chi connectivity index (χ2v) is 5.97. The average molecular weight is 263 g/mol. The Kier molecular flexibility index (Phi) is 3.35. The molecule has 1 aromatic heterocycles. The molecule has 6 heteroatoms. The van der Waals surface area contributed by atoms with Gasteiger partial charge in [0, 0.05) is 23.9 Å². The third kappa shape index (κ3) is 2.34. The van der Waals surface area contributed by atoms with Gasteiger partial charge in [0.05, 0.1) is 11.2 Å². The molecule has 2 rings (SSSR count). The molecule has 0 atom stereocenters. The van der Waals surface area contributed by atoms with E-state index in [4.69, 9.17) is 9.31 Å². The van der Waals surface area contributed by atoms with Crippen LogP contribution >= 0.6 is 0 Å². The molecule has 1 fully saturated rings. The summed E-state index contributed by atoms with van der Waals surface area (Å²) in [4.78, 5) is 8.82. The number of rotatable bonds is 2. The molecule has 0 bridgehead atoms. The predicted molar refractivity (Wildman–Crippen MR) is 76.8 cm³/mol. The lowest BCUT2D eigenvalue weighted by molar-refractivity contribution is 0.00578. The maximum atomic E-state index is 6.06. The molecule has 1 N–H and O–H groups in total. The number of hydrogen-bond donors (Lipinski definition) is 1. The Hall–Kier alpha value is -1.14. The summed E-state index contributed by atoms with van der Waals surface area (Å²) in [6.07, 6.45) is 0. The Morgan fingerprint density at radius 3 is 1.74 bits per heavy atom. The molecule has 2 heterocycles. The molecule has 19 heavy (non-hydrogen) atoms. The molecule has 0 amide bonds. The molecule has 1 aliphatic rings. The van der Waals surface area contributed by atoms with Crippen molar-refractivity contribution in [2.75, 3.05) is 12.4 Å². The number of aryl methyl sites for hydroxylation is 2. The third-order valence-electron chi connectivity index (χ3n) is 4.04. The Morgan fingerprint density at radius 2 is 1.37 bits per heavy atom. The normalized spacial score (nSPS) is 20.7. The number of nitrogens with zero attached hydrogens (tertiary/aromatic N) is 2. The van der Waals surface area contributed by atoms with Crippen LogP contribution in [-0.4, -0.2) is 35.3 Å². The molecule has 1 saturated heterocycles. The fraction of sp³-hybridized carbons (Fsp3) is 0.692. The fourth-order valence-electron chi connectivity index (χ4n) is 2.14. The first-order chi connectivity index (χ1) is 8.68. The van der Waals surface area contributed by atoms with Crippen molar-refractivity contribution in [3.63, 3.8) is 0 Å². The quantitative estimate of drug-likeness (QED) is 0.818. The van der Waals surface area contributed by atoms with Gasteiger partial charge < -0.3 is 14.6 Å². The topological polar surface area (TPSA) is 56.3 Å². The smallest absolute Gasteiger partial charge is 0.399 e. The van der Waals surface area contributed by atoms with Crippen molar-refractivity contribution in [3.05, 3.63) is 11.4 Å². The summed E-state index contributed by atoms with van der Waals surface area (Å²) in [6, 6.07) is 0. The first kappa shape index (κ1) is 14.3. The van der Waals surface area contributed by atoms with Crippen LogP contribution in [0.1, 0.15) is 39.1 Å². The van der Waals surface area contributed by atoms with Crippen LogP contribution in [0.25, 0.3) is 0 Å². The van der Waals surface area contributed by atoms with E-state index in [0.717, 1.165) is 16.9 Å². The SMILES string of the molecule is CNc1nc(C)c(B2OC(C)(C)C(C)(C)O2)c(C)n1. The van der Waals surface area contributed by atoms with Crippen molar-refractivity contribution in [1.82, 2.24) is 9.97 Å². The van der Waals surface area contributed by atoms with E-state index in [-0.39, 0.29) is 11.2 Å². The van der Waals surface area contributed by atoms with E-state index < -0.39 is 7.12 Å². The van der Waals surface area contributed by atoms with Crippen LogP contribution in [-0.2, 0) is 9.31 Å². The van der Waals surface area contributed by atoms with Crippen molar-refractivity contribution in [3.8, 4) is 0 Å². The standard InChI is InChI=1S/C13H22BN3O2/c1-8-10(9(2)17-11(15-7)16-8)14-18-12(3,4)13(5,6)19-14/h1-7H3,(H,15,16,17). The lowest BCUT2D eigenvalue weighted by atomic mass is 9.77. The minimum absolute atomic E-state index is 0.349. The van der Waals surface area contributed by atoms with Gasteiger partial charge in [-0.1, -0.05) is 0 Å². The summed E-state index contributed by atoms with van der Waals surface area (Å²) in [6.45, 7) is 12.1. The Balaban J connectivity index is 2.40. The second kappa shape index (κ2) is 4.46. The Morgan fingerprint density at radius 1 is 0.947 bits per heavy atom. The highest BCUT2D eigenvalue weighted by molar-refractivity contribution is 6.63. The fourth-order valence-corrected chi connectivity index (χ4v) is 2.14. The van der Waals surface area contributed by atoms with Gasteiger partial charge in [0.15, 0.2) is 0 Å². The van der Waals surface area contributed by atoms with Crippen LogP contribution in [0.5, 0.6) is 0 Å². The van der Waals surface area contributed by atoms with E-state index >= 15 is 0 Å². The summed E-state index contributed by atoms with van der Waals surface area (Å²) < 4.78 is 12.1. The Bertz CT molecular complexity index is 464. The summed E-state index contributed by atoms with van der Waals surface area (Å²) in [5.41, 5.74) is 2.00. The van der Waals surface area contributed by atoms with Gasteiger partial charge in [0.25, 0.3) is 0 Å². The first-order valence-electron chi connectivity index (χ1n) is 6.56. The molecule has 0 aliphatic carbocycles. The monoisotopic (exact) mass is 263 g/mol. The van der Waals surface area contributed by atoms with E-state index in [1.807, 2.05) is 48.6 Å². The molecule has 1 aliphatic heterocycles. The van der Waals surface area contributed by atoms with E-state index in [1.54, 1.807) is 0 Å². The zero-order valence-corrected chi connectivity index (χ0v) is 12.8. The molecule has 0 spiro atoms. The van der Waals surface area contributed by atoms with Crippen molar-refractivity contribution in [1.29, 1.82) is 0 Å². The predicted octanol–water partition coefficient (Wildman–Crippen LogP) is 1.43. The number of anilines is 1. The first-order valence-corrected chi connectivity index (χ1v) is 6.56. The van der Waals surface area contributed by atoms with E-state index in [9.17, 15) is 0 Å². The van der Waals surface area contributed by atoms with Crippen LogP contribution in [0.3, 0.4) is 0 Å². The molecular formula is C13H22BN3O2. The van der Waals surface area contributed by atoms with E-state index in [2.05, 4.69) is 15.3 Å². The minimum Gasteiger partial charge on any atom is -0.399 e. The van der Waals surface area contributed by atoms with Gasteiger partial charge >= 0.3 is 7.12 Å². The number of nitrogens with one attached hydrogen (secondary N) is 1. The Labute approximate surface area is 115 Å². The summed E-state index contributed by atoms with van der Waals surface area (Å²) in [7, 11) is 1.40. The molecule has 0 saturated carbocycles. The summed E-state index contributed by atoms with van der Waals surface area (Å²) in [5.74, 6) is 0.621. The number of aromatic nitrogens is 2. The van der Waals surface area contributed by atoms with Crippen molar-refractivity contribution < 1.29 is 9.31 Å². The molecule has 0 aromatic carbocycles. The van der Waals surface area contributed by atoms with Gasteiger partial charge in [-0.2, -0.15) is 0 Å². The maximum Gasteiger partial charge on any atom is 0.498 e. The van der Waals surface area contributed by atoms with Crippen LogP contribution < -0.4 is 10.8 Å². The molecule has 104 valence electrons. The van der Waals surface area contributed by atoms with Gasteiger partial charge in [0.1, 0.15) is 0 Å². The van der Waals surface area contributed by atoms with E-state index in [0.29, 0.717) is 5.95 Å². The van der Waals surface area contributed by atoms with Gasteiger partial charge in [-0.15, -0.1) is 0 Å². The van der Waals surface area contributed by atoms with Crippen LogP contribution in [0.15, 0.2) is 0 Å². The highest BCUT2D eigenvalue weighted by atomic mass is 16.7. The number of hydrogen-bond acceptors (Lipinski definition) is 5. The largest absolute Gasteiger partial charge is 0.498 e. The van der Waals surface area contributed by atoms with Crippen LogP contribution in [0, 0.1) is 13.8 Å². The highest BCUT2D eigenvalue weighted by Crippen LogP contribution is 2.36. The van der Waals surface area contributed by atoms with Crippen LogP contribution in [0.2, 0.25) is 0 Å². The zero-order chi connectivity index (χ0) is 14.4. The van der Waals surface area contributed by atoms with Crippen molar-refractivity contribution in [2.45, 2.75) is 52.7 Å². The van der Waals surface area contributed by atoms with Gasteiger partial charge in [-0.05, 0) is 41.5 Å². The molecule has 0 radical (unpaired) electrons. The van der Waals surface area contributed by atoms with Gasteiger partial charge in [-0.25, -0.2) is 9.97 Å². The van der Waals surface area contributed by atoms with Gasteiger partial charge in [0.2, 0.25) is 5.95 Å².